The van der Waals surface area contributed by atoms with Gasteiger partial charge < -0.3 is 10.1 Å². The Balaban J connectivity index is 2.39. The molecule has 3 heteroatoms. The van der Waals surface area contributed by atoms with E-state index in [1.807, 2.05) is 13.8 Å². The van der Waals surface area contributed by atoms with Crippen LogP contribution in [0, 0.1) is 18.7 Å². The molecule has 0 radical (unpaired) electrons. The lowest BCUT2D eigenvalue weighted by Crippen LogP contribution is -2.31. The van der Waals surface area contributed by atoms with Crippen molar-refractivity contribution < 1.29 is 9.13 Å². The molecule has 0 saturated carbocycles. The summed E-state index contributed by atoms with van der Waals surface area (Å²) in [5.74, 6) is 1.05. The van der Waals surface area contributed by atoms with E-state index in [4.69, 9.17) is 4.74 Å². The van der Waals surface area contributed by atoms with E-state index in [0.717, 1.165) is 18.7 Å². The van der Waals surface area contributed by atoms with E-state index >= 15 is 0 Å². The van der Waals surface area contributed by atoms with Gasteiger partial charge in [0.2, 0.25) is 0 Å². The number of nitrogens with one attached hydrogen (secondary N) is 1. The summed E-state index contributed by atoms with van der Waals surface area (Å²) in [6, 6.07) is 4.64. The predicted molar refractivity (Wildman–Crippen MR) is 73.6 cm³/mol. The second-order valence-corrected chi connectivity index (χ2v) is 5.01. The fourth-order valence-electron chi connectivity index (χ4n) is 1.64. The molecule has 0 aromatic heterocycles. The lowest BCUT2D eigenvalue weighted by atomic mass is 10.1. The van der Waals surface area contributed by atoms with Crippen LogP contribution in [0.25, 0.3) is 0 Å². The van der Waals surface area contributed by atoms with Crippen LogP contribution in [-0.4, -0.2) is 19.2 Å². The molecule has 0 heterocycles. The van der Waals surface area contributed by atoms with E-state index in [-0.39, 0.29) is 11.9 Å². The summed E-state index contributed by atoms with van der Waals surface area (Å²) in [4.78, 5) is 0. The van der Waals surface area contributed by atoms with Crippen molar-refractivity contribution in [3.05, 3.63) is 29.6 Å². The highest BCUT2D eigenvalue weighted by molar-refractivity contribution is 5.32. The van der Waals surface area contributed by atoms with Crippen molar-refractivity contribution in [1.29, 1.82) is 0 Å². The highest BCUT2D eigenvalue weighted by Gasteiger charge is 2.08. The first-order chi connectivity index (χ1) is 8.52. The third kappa shape index (κ3) is 5.05. The first-order valence-electron chi connectivity index (χ1n) is 6.66. The summed E-state index contributed by atoms with van der Waals surface area (Å²) in [5.41, 5.74) is 0.963. The summed E-state index contributed by atoms with van der Waals surface area (Å²) in [6.07, 6.45) is 1.21. The van der Waals surface area contributed by atoms with Gasteiger partial charge in [-0.25, -0.2) is 4.39 Å². The highest BCUT2D eigenvalue weighted by atomic mass is 19.1. The van der Waals surface area contributed by atoms with E-state index in [1.165, 1.54) is 18.6 Å². The molecular weight excluding hydrogens is 229 g/mol. The molecule has 0 amide bonds. The molecule has 1 N–H and O–H groups in total. The zero-order valence-corrected chi connectivity index (χ0v) is 11.8. The highest BCUT2D eigenvalue weighted by Crippen LogP contribution is 2.19. The van der Waals surface area contributed by atoms with Crippen LogP contribution < -0.4 is 10.1 Å². The molecule has 1 rings (SSSR count). The van der Waals surface area contributed by atoms with Crippen LogP contribution in [0.4, 0.5) is 4.39 Å². The Hall–Kier alpha value is -1.09. The normalized spacial score (nSPS) is 14.3. The summed E-state index contributed by atoms with van der Waals surface area (Å²) in [7, 11) is 0. The molecule has 0 aliphatic rings. The second-order valence-electron chi connectivity index (χ2n) is 5.01. The zero-order valence-electron chi connectivity index (χ0n) is 11.8. The van der Waals surface area contributed by atoms with Crippen LogP contribution in [0.15, 0.2) is 18.2 Å². The van der Waals surface area contributed by atoms with Gasteiger partial charge in [0.1, 0.15) is 17.7 Å². The Morgan fingerprint density at radius 2 is 2.00 bits per heavy atom. The van der Waals surface area contributed by atoms with Gasteiger partial charge in [0.25, 0.3) is 0 Å². The van der Waals surface area contributed by atoms with Crippen molar-refractivity contribution in [2.45, 2.75) is 40.2 Å². The van der Waals surface area contributed by atoms with Crippen LogP contribution in [0.5, 0.6) is 5.75 Å². The topological polar surface area (TPSA) is 21.3 Å². The van der Waals surface area contributed by atoms with Gasteiger partial charge in [-0.3, -0.25) is 0 Å². The molecule has 2 atom stereocenters. The van der Waals surface area contributed by atoms with Crippen LogP contribution >= 0.6 is 0 Å². The van der Waals surface area contributed by atoms with Gasteiger partial charge in [-0.2, -0.15) is 0 Å². The SMILES string of the molecule is CCC(C)CNC[C@@H](C)Oc1cc(F)ccc1C. The van der Waals surface area contributed by atoms with E-state index < -0.39 is 0 Å². The molecule has 0 saturated heterocycles. The smallest absolute Gasteiger partial charge is 0.126 e. The number of halogens is 1. The molecule has 0 aliphatic heterocycles. The van der Waals surface area contributed by atoms with E-state index in [2.05, 4.69) is 19.2 Å². The Kier molecular flexibility index (Phi) is 6.13. The molecular formula is C15H24FNO. The lowest BCUT2D eigenvalue weighted by Gasteiger charge is -2.18. The first kappa shape index (κ1) is 15.0. The van der Waals surface area contributed by atoms with E-state index in [0.29, 0.717) is 11.7 Å². The Labute approximate surface area is 110 Å². The van der Waals surface area contributed by atoms with Crippen LogP contribution in [-0.2, 0) is 0 Å². The quantitative estimate of drug-likeness (QED) is 0.802. The number of hydrogen-bond donors (Lipinski definition) is 1. The monoisotopic (exact) mass is 253 g/mol. The van der Waals surface area contributed by atoms with Gasteiger partial charge in [0.05, 0.1) is 0 Å². The predicted octanol–water partition coefficient (Wildman–Crippen LogP) is 3.54. The average Bonchev–Trinajstić information content (AvgIpc) is 2.33. The third-order valence-corrected chi connectivity index (χ3v) is 3.10. The minimum absolute atomic E-state index is 0.0366. The standard InChI is InChI=1S/C15H24FNO/c1-5-11(2)9-17-10-13(4)18-15-8-14(16)7-6-12(15)3/h6-8,11,13,17H,5,9-10H2,1-4H3/t11?,13-/m1/s1. The number of ether oxygens (including phenoxy) is 1. The molecule has 102 valence electrons. The second kappa shape index (κ2) is 7.37. The summed E-state index contributed by atoms with van der Waals surface area (Å²) >= 11 is 0. The lowest BCUT2D eigenvalue weighted by molar-refractivity contribution is 0.212. The first-order valence-corrected chi connectivity index (χ1v) is 6.66. The van der Waals surface area contributed by atoms with Crippen LogP contribution in [0.1, 0.15) is 32.8 Å². The van der Waals surface area contributed by atoms with Gasteiger partial charge in [-0.1, -0.05) is 26.3 Å². The van der Waals surface area contributed by atoms with Crippen LogP contribution in [0.3, 0.4) is 0 Å². The van der Waals surface area contributed by atoms with Gasteiger partial charge >= 0.3 is 0 Å². The number of benzene rings is 1. The molecule has 0 spiro atoms. The molecule has 0 aliphatic carbocycles. The number of aryl methyl sites for hydroxylation is 1. The molecule has 2 nitrogen and oxygen atoms in total. The molecule has 1 aromatic rings. The van der Waals surface area contributed by atoms with Gasteiger partial charge in [0, 0.05) is 12.6 Å². The maximum atomic E-state index is 13.1. The zero-order chi connectivity index (χ0) is 13.5. The fraction of sp³-hybridized carbons (Fsp3) is 0.600. The largest absolute Gasteiger partial charge is 0.489 e. The molecule has 0 bridgehead atoms. The molecule has 18 heavy (non-hydrogen) atoms. The summed E-state index contributed by atoms with van der Waals surface area (Å²) < 4.78 is 18.8. The minimum atomic E-state index is -0.254. The van der Waals surface area contributed by atoms with Gasteiger partial charge in [-0.15, -0.1) is 0 Å². The Morgan fingerprint density at radius 3 is 2.67 bits per heavy atom. The van der Waals surface area contributed by atoms with Gasteiger partial charge in [-0.05, 0) is 37.9 Å². The Morgan fingerprint density at radius 1 is 1.28 bits per heavy atom. The van der Waals surface area contributed by atoms with Crippen molar-refractivity contribution in [2.24, 2.45) is 5.92 Å². The fourth-order valence-corrected chi connectivity index (χ4v) is 1.64. The average molecular weight is 253 g/mol. The summed E-state index contributed by atoms with van der Waals surface area (Å²) in [5, 5.41) is 3.37. The summed E-state index contributed by atoms with van der Waals surface area (Å²) in [6.45, 7) is 10.1. The molecule has 1 unspecified atom stereocenters. The van der Waals surface area contributed by atoms with Crippen molar-refractivity contribution in [2.75, 3.05) is 13.1 Å². The van der Waals surface area contributed by atoms with E-state index in [1.54, 1.807) is 6.07 Å². The molecule has 1 aromatic carbocycles. The van der Waals surface area contributed by atoms with Crippen molar-refractivity contribution >= 4 is 0 Å². The maximum Gasteiger partial charge on any atom is 0.126 e. The Bertz CT molecular complexity index is 368. The third-order valence-electron chi connectivity index (χ3n) is 3.10. The maximum absolute atomic E-state index is 13.1. The van der Waals surface area contributed by atoms with Crippen molar-refractivity contribution in [3.8, 4) is 5.75 Å². The van der Waals surface area contributed by atoms with E-state index in [9.17, 15) is 4.39 Å². The van der Waals surface area contributed by atoms with Crippen molar-refractivity contribution in [3.63, 3.8) is 0 Å². The van der Waals surface area contributed by atoms with Crippen LogP contribution in [0.2, 0.25) is 0 Å². The van der Waals surface area contributed by atoms with Crippen molar-refractivity contribution in [1.82, 2.24) is 5.32 Å². The number of hydrogen-bond acceptors (Lipinski definition) is 2. The molecule has 0 fully saturated rings. The number of rotatable bonds is 7. The minimum Gasteiger partial charge on any atom is -0.489 e. The van der Waals surface area contributed by atoms with Gasteiger partial charge in [0.15, 0.2) is 0 Å².